The molecule has 0 fully saturated rings. The van der Waals surface area contributed by atoms with Gasteiger partial charge in [0.1, 0.15) is 0 Å². The molecule has 7 rings (SSSR count). The van der Waals surface area contributed by atoms with Crippen molar-refractivity contribution in [3.63, 3.8) is 0 Å². The predicted octanol–water partition coefficient (Wildman–Crippen LogP) is 5.71. The summed E-state index contributed by atoms with van der Waals surface area (Å²) in [7, 11) is -0.530. The van der Waals surface area contributed by atoms with E-state index in [4.69, 9.17) is 0 Å². The molecule has 1 heteroatoms. The minimum atomic E-state index is -0.530. The van der Waals surface area contributed by atoms with Crippen LogP contribution in [0.1, 0.15) is 0 Å². The lowest BCUT2D eigenvalue weighted by atomic mass is 9.92. The monoisotopic (exact) mass is 358 g/mol. The number of rotatable bonds is 0. The Labute approximate surface area is 158 Å². The van der Waals surface area contributed by atoms with Crippen LogP contribution in [0.2, 0.25) is 0 Å². The second-order valence-corrected chi connectivity index (χ2v) is 9.48. The van der Waals surface area contributed by atoms with Crippen molar-refractivity contribution in [2.24, 2.45) is 0 Å². The summed E-state index contributed by atoms with van der Waals surface area (Å²) in [5.41, 5.74) is 5.64. The van der Waals surface area contributed by atoms with Crippen LogP contribution >= 0.6 is 7.92 Å². The van der Waals surface area contributed by atoms with Crippen LogP contribution in [-0.2, 0) is 0 Å². The zero-order valence-corrected chi connectivity index (χ0v) is 15.5. The van der Waals surface area contributed by atoms with Gasteiger partial charge in [0, 0.05) is 5.30 Å². The largest absolute Gasteiger partial charge is 0.0610 e. The first kappa shape index (κ1) is 14.2. The van der Waals surface area contributed by atoms with Gasteiger partial charge in [0.2, 0.25) is 0 Å². The van der Waals surface area contributed by atoms with Crippen molar-refractivity contribution in [3.05, 3.63) is 91.0 Å². The molecule has 0 saturated heterocycles. The first-order valence-corrected chi connectivity index (χ1v) is 10.7. The van der Waals surface area contributed by atoms with Crippen LogP contribution in [0.4, 0.5) is 0 Å². The summed E-state index contributed by atoms with van der Waals surface area (Å²) in [6, 6.07) is 34.1. The van der Waals surface area contributed by atoms with Crippen LogP contribution in [0.25, 0.3) is 43.8 Å². The van der Waals surface area contributed by atoms with E-state index in [0.29, 0.717) is 0 Å². The lowest BCUT2D eigenvalue weighted by molar-refractivity contribution is 1.65. The third-order valence-electron chi connectivity index (χ3n) is 6.09. The van der Waals surface area contributed by atoms with Crippen molar-refractivity contribution >= 4 is 45.4 Å². The Morgan fingerprint density at radius 1 is 0.407 bits per heavy atom. The Morgan fingerprint density at radius 2 is 0.815 bits per heavy atom. The van der Waals surface area contributed by atoms with Crippen LogP contribution in [0.5, 0.6) is 0 Å². The smallest absolute Gasteiger partial charge is 0.000679 e. The molecule has 0 aliphatic carbocycles. The summed E-state index contributed by atoms with van der Waals surface area (Å²) in [6.07, 6.45) is 0. The van der Waals surface area contributed by atoms with Crippen LogP contribution in [0.15, 0.2) is 91.0 Å². The highest BCUT2D eigenvalue weighted by Crippen LogP contribution is 2.52. The van der Waals surface area contributed by atoms with E-state index in [0.717, 1.165) is 0 Å². The predicted molar refractivity (Wildman–Crippen MR) is 118 cm³/mol. The van der Waals surface area contributed by atoms with Crippen molar-refractivity contribution in [1.82, 2.24) is 0 Å². The fourth-order valence-corrected chi connectivity index (χ4v) is 8.08. The van der Waals surface area contributed by atoms with E-state index in [1.807, 2.05) is 0 Å². The van der Waals surface area contributed by atoms with Gasteiger partial charge in [-0.05, 0) is 62.3 Å². The minimum Gasteiger partial charge on any atom is -0.0610 e. The zero-order chi connectivity index (χ0) is 17.5. The second-order valence-electron chi connectivity index (χ2n) is 7.40. The fraction of sp³-hybridized carbons (Fsp3) is 0. The minimum absolute atomic E-state index is 0.530. The Kier molecular flexibility index (Phi) is 2.54. The maximum atomic E-state index is 2.37. The first-order valence-electron chi connectivity index (χ1n) is 9.39. The molecule has 124 valence electrons. The molecule has 0 spiro atoms. The number of benzene rings is 5. The highest BCUT2D eigenvalue weighted by Gasteiger charge is 2.34. The van der Waals surface area contributed by atoms with Gasteiger partial charge in [-0.1, -0.05) is 91.0 Å². The Bertz CT molecular complexity index is 1310. The van der Waals surface area contributed by atoms with Crippen LogP contribution in [0.3, 0.4) is 0 Å². The summed E-state index contributed by atoms with van der Waals surface area (Å²) >= 11 is 0. The summed E-state index contributed by atoms with van der Waals surface area (Å²) < 4.78 is 0. The fourth-order valence-electron chi connectivity index (χ4n) is 5.05. The van der Waals surface area contributed by atoms with Crippen molar-refractivity contribution in [3.8, 4) is 22.3 Å². The summed E-state index contributed by atoms with van der Waals surface area (Å²) in [5.74, 6) is 0. The van der Waals surface area contributed by atoms with Gasteiger partial charge in [0.05, 0.1) is 0 Å². The maximum Gasteiger partial charge on any atom is 0.000679 e. The lowest BCUT2D eigenvalue weighted by Crippen LogP contribution is -2.30. The molecule has 0 unspecified atom stereocenters. The van der Waals surface area contributed by atoms with Crippen molar-refractivity contribution < 1.29 is 0 Å². The number of fused-ring (bicyclic) bond motifs is 4. The highest BCUT2D eigenvalue weighted by atomic mass is 31.1. The molecule has 0 N–H and O–H groups in total. The molecule has 0 aromatic heterocycles. The second kappa shape index (κ2) is 4.85. The quantitative estimate of drug-likeness (QED) is 0.305. The third-order valence-corrected chi connectivity index (χ3v) is 8.73. The van der Waals surface area contributed by atoms with Gasteiger partial charge in [-0.25, -0.2) is 0 Å². The highest BCUT2D eigenvalue weighted by molar-refractivity contribution is 7.81. The van der Waals surface area contributed by atoms with E-state index in [9.17, 15) is 0 Å². The molecule has 2 aliphatic heterocycles. The van der Waals surface area contributed by atoms with Gasteiger partial charge in [0.25, 0.3) is 0 Å². The van der Waals surface area contributed by atoms with Gasteiger partial charge < -0.3 is 0 Å². The molecule has 5 aromatic carbocycles. The van der Waals surface area contributed by atoms with Gasteiger partial charge in [-0.15, -0.1) is 0 Å². The van der Waals surface area contributed by atoms with E-state index < -0.39 is 7.92 Å². The van der Waals surface area contributed by atoms with E-state index in [2.05, 4.69) is 91.0 Å². The normalized spacial score (nSPS) is 13.8. The maximum absolute atomic E-state index is 2.37. The van der Waals surface area contributed by atoms with Gasteiger partial charge in [-0.3, -0.25) is 0 Å². The molecule has 2 aliphatic rings. The molecule has 0 radical (unpaired) electrons. The van der Waals surface area contributed by atoms with Crippen LogP contribution in [-0.4, -0.2) is 0 Å². The first-order chi connectivity index (χ1) is 13.4. The molecule has 0 atom stereocenters. The average molecular weight is 358 g/mol. The van der Waals surface area contributed by atoms with E-state index >= 15 is 0 Å². The van der Waals surface area contributed by atoms with Gasteiger partial charge in [-0.2, -0.15) is 0 Å². The van der Waals surface area contributed by atoms with Gasteiger partial charge in [0.15, 0.2) is 0 Å². The molecule has 5 aromatic rings. The number of hydrogen-bond donors (Lipinski definition) is 0. The van der Waals surface area contributed by atoms with Crippen LogP contribution in [0, 0.1) is 0 Å². The standard InChI is InChI=1S/C26H15P/c1-6-16-8-3-14-22-24(16)18(10-1)20-12-5-13-21-19-11-2-7-17-9-4-15-23(25(17)19)27(22)26(20)21/h1-15H. The number of hydrogen-bond acceptors (Lipinski definition) is 0. The zero-order valence-electron chi connectivity index (χ0n) is 14.6. The van der Waals surface area contributed by atoms with E-state index in [-0.39, 0.29) is 0 Å². The van der Waals surface area contributed by atoms with Crippen LogP contribution < -0.4 is 15.9 Å². The van der Waals surface area contributed by atoms with Gasteiger partial charge >= 0.3 is 0 Å². The third kappa shape index (κ3) is 1.63. The molecule has 0 saturated carbocycles. The van der Waals surface area contributed by atoms with Crippen molar-refractivity contribution in [2.75, 3.05) is 0 Å². The van der Waals surface area contributed by atoms with Crippen molar-refractivity contribution in [2.45, 2.75) is 0 Å². The SMILES string of the molecule is c1cc2c3c(c1)-c1cccc4cccc(c14)P3c1cccc3cccc-2c13. The molecule has 2 heterocycles. The molecule has 0 bridgehead atoms. The van der Waals surface area contributed by atoms with Crippen molar-refractivity contribution in [1.29, 1.82) is 0 Å². The Hall–Kier alpha value is -2.95. The Morgan fingerprint density at radius 3 is 1.33 bits per heavy atom. The molecule has 0 amide bonds. The molecular weight excluding hydrogens is 343 g/mol. The van der Waals surface area contributed by atoms with E-state index in [1.54, 1.807) is 5.30 Å². The summed E-state index contributed by atoms with van der Waals surface area (Å²) in [6.45, 7) is 0. The Balaban J connectivity index is 1.78. The summed E-state index contributed by atoms with van der Waals surface area (Å²) in [4.78, 5) is 0. The van der Waals surface area contributed by atoms with E-state index in [1.165, 1.54) is 54.4 Å². The lowest BCUT2D eigenvalue weighted by Gasteiger charge is -2.35. The molecule has 27 heavy (non-hydrogen) atoms. The summed E-state index contributed by atoms with van der Waals surface area (Å²) in [5, 5.41) is 10.2. The average Bonchev–Trinajstić information content (AvgIpc) is 2.73. The molecule has 0 nitrogen and oxygen atoms in total. The topological polar surface area (TPSA) is 0 Å². The molecular formula is C26H15P.